The highest BCUT2D eigenvalue weighted by Crippen LogP contribution is 2.38. The number of hydrogen-bond acceptors (Lipinski definition) is 5. The fraction of sp³-hybridized carbons (Fsp3) is 0.0357. The van der Waals surface area contributed by atoms with Gasteiger partial charge in [0.25, 0.3) is 0 Å². The summed E-state index contributed by atoms with van der Waals surface area (Å²) in [7, 11) is 0. The molecular formula is C56H36N6. The number of hydrogen-bond donors (Lipinski definition) is 0. The third-order valence-electron chi connectivity index (χ3n) is 11.3. The van der Waals surface area contributed by atoms with Crippen LogP contribution in [0.15, 0.2) is 200 Å². The van der Waals surface area contributed by atoms with Gasteiger partial charge in [0.05, 0.1) is 41.0 Å². The van der Waals surface area contributed by atoms with E-state index < -0.39 is 0 Å². The highest BCUT2D eigenvalue weighted by molar-refractivity contribution is 6.03. The molecule has 2 aromatic heterocycles. The van der Waals surface area contributed by atoms with Crippen molar-refractivity contribution in [2.24, 2.45) is 0 Å². The van der Waals surface area contributed by atoms with E-state index in [1.807, 2.05) is 97.1 Å². The van der Waals surface area contributed by atoms with Gasteiger partial charge in [-0.15, -0.1) is 0 Å². The maximum atomic E-state index is 9.36. The first-order chi connectivity index (χ1) is 30.6. The van der Waals surface area contributed by atoms with Gasteiger partial charge < -0.3 is 0 Å². The second-order valence-electron chi connectivity index (χ2n) is 15.2. The van der Waals surface area contributed by atoms with Gasteiger partial charge in [0.15, 0.2) is 11.5 Å². The van der Waals surface area contributed by atoms with Crippen LogP contribution in [0.2, 0.25) is 0 Å². The van der Waals surface area contributed by atoms with E-state index in [0.717, 1.165) is 74.0 Å². The second-order valence-corrected chi connectivity index (χ2v) is 15.2. The van der Waals surface area contributed by atoms with Gasteiger partial charge in [0, 0.05) is 28.2 Å². The van der Waals surface area contributed by atoms with Gasteiger partial charge in [-0.2, -0.15) is 5.26 Å². The molecule has 7 aromatic carbocycles. The molecule has 6 nitrogen and oxygen atoms in total. The molecule has 0 radical (unpaired) electrons. The molecule has 0 N–H and O–H groups in total. The predicted molar refractivity (Wildman–Crippen MR) is 250 cm³/mol. The van der Waals surface area contributed by atoms with Crippen LogP contribution in [0, 0.1) is 17.9 Å². The highest BCUT2D eigenvalue weighted by atomic mass is 14.9. The molecule has 1 aliphatic carbocycles. The van der Waals surface area contributed by atoms with Crippen LogP contribution in [0.3, 0.4) is 0 Å². The Morgan fingerprint density at radius 1 is 0.500 bits per heavy atom. The summed E-state index contributed by atoms with van der Waals surface area (Å²) >= 11 is 0. The van der Waals surface area contributed by atoms with E-state index in [2.05, 4.69) is 114 Å². The molecule has 0 amide bonds. The van der Waals surface area contributed by atoms with E-state index in [1.165, 1.54) is 21.9 Å². The maximum Gasteiger partial charge on any atom is 0.187 e. The summed E-state index contributed by atoms with van der Waals surface area (Å²) in [5.74, 6) is 1.41. The fourth-order valence-corrected chi connectivity index (χ4v) is 8.06. The average Bonchev–Trinajstić information content (AvgIpc) is 3.36. The minimum absolute atomic E-state index is 0.00489. The summed E-state index contributed by atoms with van der Waals surface area (Å²) in [5, 5.41) is 11.7. The number of benzene rings is 7. The van der Waals surface area contributed by atoms with Gasteiger partial charge >= 0.3 is 0 Å². The number of allylic oxidation sites excluding steroid dienone is 4. The van der Waals surface area contributed by atoms with Crippen molar-refractivity contribution in [2.75, 3.05) is 0 Å². The minimum atomic E-state index is 0.00489. The lowest BCUT2D eigenvalue weighted by Crippen LogP contribution is -2.06. The first-order valence-corrected chi connectivity index (χ1v) is 20.5. The topological polar surface area (TPSA) is 79.7 Å². The molecule has 10 rings (SSSR count). The first kappa shape index (κ1) is 37.7. The summed E-state index contributed by atoms with van der Waals surface area (Å²) < 4.78 is 0. The van der Waals surface area contributed by atoms with Crippen LogP contribution in [-0.4, -0.2) is 19.9 Å². The van der Waals surface area contributed by atoms with Crippen LogP contribution in [0.5, 0.6) is 0 Å². The smallest absolute Gasteiger partial charge is 0.187 e. The number of aromatic nitrogens is 4. The fourth-order valence-electron chi connectivity index (χ4n) is 8.06. The summed E-state index contributed by atoms with van der Waals surface area (Å²) in [6.45, 7) is 7.38. The third kappa shape index (κ3) is 7.57. The van der Waals surface area contributed by atoms with Crippen molar-refractivity contribution in [3.63, 3.8) is 0 Å². The SMILES string of the molecule is [C-]#[N+]c1ccc(-c2cc(-c3ccccc3)nc(C3C=CC(c4cccc5c(-c6ccc(-c7nc(-c8ccccc8)cc(-c8ccc(C#N)cc8)n7)cc6)cccc45)=CC3)n2)cc1. The van der Waals surface area contributed by atoms with Crippen molar-refractivity contribution >= 4 is 22.0 Å². The van der Waals surface area contributed by atoms with E-state index in [0.29, 0.717) is 17.1 Å². The van der Waals surface area contributed by atoms with Crippen molar-refractivity contribution in [1.82, 2.24) is 19.9 Å². The maximum absolute atomic E-state index is 9.36. The lowest BCUT2D eigenvalue weighted by Gasteiger charge is -2.19. The van der Waals surface area contributed by atoms with Crippen LogP contribution in [0.4, 0.5) is 5.69 Å². The molecule has 0 saturated carbocycles. The number of fused-ring (bicyclic) bond motifs is 1. The van der Waals surface area contributed by atoms with Gasteiger partial charge in [-0.3, -0.25) is 0 Å². The Labute approximate surface area is 360 Å². The summed E-state index contributed by atoms with van der Waals surface area (Å²) in [6.07, 6.45) is 7.51. The van der Waals surface area contributed by atoms with Crippen LogP contribution in [0.25, 0.3) is 88.7 Å². The monoisotopic (exact) mass is 792 g/mol. The van der Waals surface area contributed by atoms with Crippen LogP contribution < -0.4 is 0 Å². The largest absolute Gasteiger partial charge is 0.238 e. The molecule has 62 heavy (non-hydrogen) atoms. The summed E-state index contributed by atoms with van der Waals surface area (Å²) in [5.41, 5.74) is 14.0. The zero-order valence-electron chi connectivity index (χ0n) is 33.5. The van der Waals surface area contributed by atoms with Crippen LogP contribution in [-0.2, 0) is 0 Å². The Bertz CT molecular complexity index is 3250. The van der Waals surface area contributed by atoms with Crippen molar-refractivity contribution in [3.8, 4) is 73.6 Å². The Kier molecular flexibility index (Phi) is 10.1. The van der Waals surface area contributed by atoms with Crippen molar-refractivity contribution in [3.05, 3.63) is 229 Å². The van der Waals surface area contributed by atoms with E-state index in [4.69, 9.17) is 26.5 Å². The molecule has 0 saturated heterocycles. The van der Waals surface area contributed by atoms with E-state index >= 15 is 0 Å². The lowest BCUT2D eigenvalue weighted by molar-refractivity contribution is 0.777. The Morgan fingerprint density at radius 2 is 1.00 bits per heavy atom. The third-order valence-corrected chi connectivity index (χ3v) is 11.3. The van der Waals surface area contributed by atoms with Gasteiger partial charge in [0.1, 0.15) is 5.82 Å². The molecule has 290 valence electrons. The number of nitriles is 1. The first-order valence-electron chi connectivity index (χ1n) is 20.5. The van der Waals surface area contributed by atoms with Gasteiger partial charge in [0.2, 0.25) is 0 Å². The molecule has 0 spiro atoms. The van der Waals surface area contributed by atoms with Gasteiger partial charge in [-0.25, -0.2) is 24.8 Å². The van der Waals surface area contributed by atoms with Crippen molar-refractivity contribution in [1.29, 1.82) is 5.26 Å². The molecule has 0 aliphatic heterocycles. The quantitative estimate of drug-likeness (QED) is 0.143. The van der Waals surface area contributed by atoms with E-state index in [-0.39, 0.29) is 5.92 Å². The average molecular weight is 793 g/mol. The molecule has 1 aliphatic rings. The molecule has 1 atom stereocenters. The molecular weight excluding hydrogens is 757 g/mol. The van der Waals surface area contributed by atoms with Crippen molar-refractivity contribution < 1.29 is 0 Å². The van der Waals surface area contributed by atoms with Gasteiger partial charge in [-0.1, -0.05) is 176 Å². The standard InChI is InChI=1S/C56H36N6/c1-58-46-32-30-43(31-33-46)54-35-52(41-12-6-3-7-13-41)60-56(62-54)45-28-24-39(25-29-45)48-15-9-16-49-47(14-8-17-50(48)49)38-22-26-44(27-23-38)55-59-51(40-10-4-2-5-11-40)34-53(61-55)42-20-18-37(36-57)19-21-42/h2-28,30-35,45H,29H2. The number of rotatable bonds is 8. The molecule has 0 bridgehead atoms. The van der Waals surface area contributed by atoms with Crippen LogP contribution >= 0.6 is 0 Å². The molecule has 9 aromatic rings. The predicted octanol–water partition coefficient (Wildman–Crippen LogP) is 14.0. The Balaban J connectivity index is 0.949. The Hall–Kier alpha value is -8.58. The summed E-state index contributed by atoms with van der Waals surface area (Å²) in [6, 6.07) is 63.2. The zero-order valence-corrected chi connectivity index (χ0v) is 33.5. The molecule has 0 fully saturated rings. The molecule has 1 unspecified atom stereocenters. The molecule has 2 heterocycles. The zero-order chi connectivity index (χ0) is 41.8. The van der Waals surface area contributed by atoms with Crippen LogP contribution in [0.1, 0.15) is 29.3 Å². The van der Waals surface area contributed by atoms with Gasteiger partial charge in [-0.05, 0) is 69.3 Å². The summed E-state index contributed by atoms with van der Waals surface area (Å²) in [4.78, 5) is 23.8. The van der Waals surface area contributed by atoms with E-state index in [9.17, 15) is 5.26 Å². The lowest BCUT2D eigenvalue weighted by atomic mass is 9.88. The second kappa shape index (κ2) is 16.6. The van der Waals surface area contributed by atoms with Crippen molar-refractivity contribution in [2.45, 2.75) is 12.3 Å². The Morgan fingerprint density at radius 3 is 1.55 bits per heavy atom. The normalized spacial score (nSPS) is 13.3. The van der Waals surface area contributed by atoms with E-state index in [1.54, 1.807) is 0 Å². The minimum Gasteiger partial charge on any atom is -0.238 e. The number of nitrogens with zero attached hydrogens (tertiary/aromatic N) is 6. The highest BCUT2D eigenvalue weighted by Gasteiger charge is 2.20. The molecule has 6 heteroatoms.